The highest BCUT2D eigenvalue weighted by Gasteiger charge is 2.26. The fraction of sp³-hybridized carbons (Fsp3) is 0.318. The summed E-state index contributed by atoms with van der Waals surface area (Å²) in [5.41, 5.74) is 1.15. The maximum Gasteiger partial charge on any atom is 0.309 e. The van der Waals surface area contributed by atoms with Crippen LogP contribution in [0.3, 0.4) is 0 Å². The van der Waals surface area contributed by atoms with Crippen LogP contribution < -0.4 is 14.2 Å². The van der Waals surface area contributed by atoms with Gasteiger partial charge in [0, 0.05) is 6.07 Å². The van der Waals surface area contributed by atoms with Gasteiger partial charge in [0.15, 0.2) is 0 Å². The molecule has 0 bridgehead atoms. The lowest BCUT2D eigenvalue weighted by Gasteiger charge is -2.19. The Hall–Kier alpha value is -2.95. The smallest absolute Gasteiger partial charge is 0.309 e. The summed E-state index contributed by atoms with van der Waals surface area (Å²) in [6.45, 7) is 3.69. The first-order chi connectivity index (χ1) is 12.8. The molecule has 0 spiro atoms. The lowest BCUT2D eigenvalue weighted by atomic mass is 9.90. The van der Waals surface area contributed by atoms with Crippen LogP contribution in [-0.4, -0.2) is 31.9 Å². The molecular formula is C22H26O5. The maximum atomic E-state index is 11.2. The van der Waals surface area contributed by atoms with Gasteiger partial charge in [0.1, 0.15) is 17.2 Å². The van der Waals surface area contributed by atoms with Crippen LogP contribution in [0.2, 0.25) is 0 Å². The fourth-order valence-electron chi connectivity index (χ4n) is 2.33. The minimum Gasteiger partial charge on any atom is -0.497 e. The van der Waals surface area contributed by atoms with Crippen LogP contribution in [0.4, 0.5) is 0 Å². The van der Waals surface area contributed by atoms with Crippen LogP contribution in [-0.2, 0) is 4.79 Å². The second-order valence-corrected chi connectivity index (χ2v) is 6.84. The molecule has 1 N–H and O–H groups in total. The van der Waals surface area contributed by atoms with E-state index in [-0.39, 0.29) is 0 Å². The first kappa shape index (κ1) is 20.4. The number of aliphatic carboxylic acids is 1. The lowest BCUT2D eigenvalue weighted by molar-refractivity contribution is -0.147. The van der Waals surface area contributed by atoms with Crippen molar-refractivity contribution < 1.29 is 24.1 Å². The zero-order chi connectivity index (χ0) is 19.9. The Morgan fingerprint density at radius 3 is 2.11 bits per heavy atom. The van der Waals surface area contributed by atoms with Gasteiger partial charge in [0.2, 0.25) is 0 Å². The molecule has 2 rings (SSSR count). The summed E-state index contributed by atoms with van der Waals surface area (Å²) in [5.74, 6) is 1.30. The molecule has 0 aliphatic rings. The van der Waals surface area contributed by atoms with Gasteiger partial charge in [-0.25, -0.2) is 0 Å². The van der Waals surface area contributed by atoms with Crippen LogP contribution in [0, 0.1) is 5.41 Å². The van der Waals surface area contributed by atoms with Gasteiger partial charge < -0.3 is 19.3 Å². The predicted molar refractivity (Wildman–Crippen MR) is 106 cm³/mol. The van der Waals surface area contributed by atoms with Crippen molar-refractivity contribution in [2.24, 2.45) is 5.41 Å². The molecule has 0 saturated carbocycles. The van der Waals surface area contributed by atoms with E-state index in [1.54, 1.807) is 34.1 Å². The molecule has 2 aromatic carbocycles. The minimum absolute atomic E-state index is 0.314. The molecule has 0 amide bonds. The van der Waals surface area contributed by atoms with E-state index >= 15 is 0 Å². The predicted octanol–water partition coefficient (Wildman–Crippen LogP) is 4.75. The van der Waals surface area contributed by atoms with Crippen LogP contribution in [0.25, 0.3) is 12.2 Å². The number of benzene rings is 2. The average molecular weight is 370 g/mol. The number of carbonyl (C=O) groups is 1. The molecule has 0 saturated heterocycles. The van der Waals surface area contributed by atoms with Crippen LogP contribution in [0.15, 0.2) is 42.5 Å². The molecule has 0 aliphatic heterocycles. The fourth-order valence-corrected chi connectivity index (χ4v) is 2.33. The van der Waals surface area contributed by atoms with Gasteiger partial charge in [0.25, 0.3) is 0 Å². The molecule has 27 heavy (non-hydrogen) atoms. The topological polar surface area (TPSA) is 65.0 Å². The summed E-state index contributed by atoms with van der Waals surface area (Å²) in [7, 11) is 3.24. The summed E-state index contributed by atoms with van der Waals surface area (Å²) in [4.78, 5) is 11.2. The zero-order valence-electron chi connectivity index (χ0n) is 16.2. The Kier molecular flexibility index (Phi) is 6.88. The maximum absolute atomic E-state index is 11.2. The molecule has 0 heterocycles. The second-order valence-electron chi connectivity index (χ2n) is 6.84. The van der Waals surface area contributed by atoms with Crippen LogP contribution in [0.5, 0.6) is 17.2 Å². The Balaban J connectivity index is 2.09. The molecule has 0 unspecified atom stereocenters. The van der Waals surface area contributed by atoms with E-state index in [1.807, 2.05) is 48.6 Å². The Morgan fingerprint density at radius 2 is 1.52 bits per heavy atom. The van der Waals surface area contributed by atoms with Crippen molar-refractivity contribution in [2.75, 3.05) is 20.8 Å². The summed E-state index contributed by atoms with van der Waals surface area (Å²) in [5, 5.41) is 9.18. The highest BCUT2D eigenvalue weighted by atomic mass is 16.5. The SMILES string of the molecule is COc1ccc(/C=C/c2cc(OC)cc(OCCC(C)(C)C(=O)O)c2)cc1. The zero-order valence-corrected chi connectivity index (χ0v) is 16.2. The number of ether oxygens (including phenoxy) is 3. The van der Waals surface area contributed by atoms with Gasteiger partial charge in [0.05, 0.1) is 26.2 Å². The number of hydrogen-bond acceptors (Lipinski definition) is 4. The van der Waals surface area contributed by atoms with Gasteiger partial charge >= 0.3 is 5.97 Å². The Bertz CT molecular complexity index is 791. The van der Waals surface area contributed by atoms with E-state index in [0.717, 1.165) is 16.9 Å². The van der Waals surface area contributed by atoms with Crippen LogP contribution >= 0.6 is 0 Å². The van der Waals surface area contributed by atoms with Crippen molar-refractivity contribution in [1.82, 2.24) is 0 Å². The second kappa shape index (κ2) is 9.12. The lowest BCUT2D eigenvalue weighted by Crippen LogP contribution is -2.25. The number of hydrogen-bond donors (Lipinski definition) is 1. The highest BCUT2D eigenvalue weighted by Crippen LogP contribution is 2.26. The molecule has 0 aliphatic carbocycles. The first-order valence-corrected chi connectivity index (χ1v) is 8.71. The molecule has 0 fully saturated rings. The highest BCUT2D eigenvalue weighted by molar-refractivity contribution is 5.73. The first-order valence-electron chi connectivity index (χ1n) is 8.71. The standard InChI is InChI=1S/C22H26O5/c1-22(2,21(23)24)11-12-27-20-14-17(13-19(15-20)26-4)6-5-16-7-9-18(25-3)10-8-16/h5-10,13-15H,11-12H2,1-4H3,(H,23,24)/b6-5+. The Morgan fingerprint density at radius 1 is 0.926 bits per heavy atom. The molecule has 0 atom stereocenters. The van der Waals surface area contributed by atoms with Crippen molar-refractivity contribution in [3.63, 3.8) is 0 Å². The summed E-state index contributed by atoms with van der Waals surface area (Å²) in [6.07, 6.45) is 4.38. The van der Waals surface area contributed by atoms with Gasteiger partial charge in [-0.3, -0.25) is 4.79 Å². The quantitative estimate of drug-likeness (QED) is 0.645. The summed E-state index contributed by atoms with van der Waals surface area (Å²) >= 11 is 0. The minimum atomic E-state index is -0.833. The molecular weight excluding hydrogens is 344 g/mol. The van der Waals surface area contributed by atoms with Crippen molar-refractivity contribution >= 4 is 18.1 Å². The van der Waals surface area contributed by atoms with E-state index in [9.17, 15) is 9.90 Å². The summed E-state index contributed by atoms with van der Waals surface area (Å²) < 4.78 is 16.3. The third kappa shape index (κ3) is 6.06. The van der Waals surface area contributed by atoms with Gasteiger partial charge in [-0.2, -0.15) is 0 Å². The van der Waals surface area contributed by atoms with E-state index in [1.165, 1.54) is 0 Å². The van der Waals surface area contributed by atoms with Crippen LogP contribution in [0.1, 0.15) is 31.4 Å². The molecule has 5 heteroatoms. The van der Waals surface area contributed by atoms with Crippen molar-refractivity contribution in [2.45, 2.75) is 20.3 Å². The third-order valence-electron chi connectivity index (χ3n) is 4.30. The van der Waals surface area contributed by atoms with Gasteiger partial charge in [-0.15, -0.1) is 0 Å². The van der Waals surface area contributed by atoms with Gasteiger partial charge in [-0.05, 0) is 55.7 Å². The third-order valence-corrected chi connectivity index (χ3v) is 4.30. The van der Waals surface area contributed by atoms with E-state index in [0.29, 0.717) is 24.5 Å². The van der Waals surface area contributed by atoms with Gasteiger partial charge in [-0.1, -0.05) is 24.3 Å². The normalized spacial score (nSPS) is 11.4. The summed E-state index contributed by atoms with van der Waals surface area (Å²) in [6, 6.07) is 13.4. The van der Waals surface area contributed by atoms with E-state index in [4.69, 9.17) is 14.2 Å². The number of carboxylic acid groups (broad SMARTS) is 1. The largest absolute Gasteiger partial charge is 0.497 e. The number of rotatable bonds is 9. The molecule has 144 valence electrons. The molecule has 0 radical (unpaired) electrons. The molecule has 0 aromatic heterocycles. The van der Waals surface area contributed by atoms with Crippen molar-refractivity contribution in [3.8, 4) is 17.2 Å². The molecule has 5 nitrogen and oxygen atoms in total. The van der Waals surface area contributed by atoms with Crippen molar-refractivity contribution in [3.05, 3.63) is 53.6 Å². The molecule has 2 aromatic rings. The number of carboxylic acids is 1. The van der Waals surface area contributed by atoms with Crippen molar-refractivity contribution in [1.29, 1.82) is 0 Å². The average Bonchev–Trinajstić information content (AvgIpc) is 2.66. The monoisotopic (exact) mass is 370 g/mol. The van der Waals surface area contributed by atoms with E-state index in [2.05, 4.69) is 0 Å². The number of methoxy groups -OCH3 is 2. The Labute approximate surface area is 160 Å². The van der Waals surface area contributed by atoms with E-state index < -0.39 is 11.4 Å².